The van der Waals surface area contributed by atoms with Gasteiger partial charge < -0.3 is 25.2 Å². The molecule has 0 aliphatic rings. The van der Waals surface area contributed by atoms with E-state index in [0.29, 0.717) is 0 Å². The van der Waals surface area contributed by atoms with Crippen molar-refractivity contribution in [3.8, 4) is 34.5 Å². The van der Waals surface area contributed by atoms with E-state index in [0.717, 1.165) is 0 Å². The zero-order chi connectivity index (χ0) is 12.4. The maximum Gasteiger partial charge on any atom is 0.201 e. The molecule has 0 fully saturated rings. The first-order valence-electron chi connectivity index (χ1n) is 4.79. The zero-order valence-corrected chi connectivity index (χ0v) is 8.66. The van der Waals surface area contributed by atoms with Gasteiger partial charge in [-0.1, -0.05) is 12.1 Å². The van der Waals surface area contributed by atoms with Crippen LogP contribution in [0.5, 0.6) is 34.5 Å². The van der Waals surface area contributed by atoms with E-state index < -0.39 is 11.5 Å². The van der Waals surface area contributed by atoms with Crippen LogP contribution in [0.1, 0.15) is 0 Å². The highest BCUT2D eigenvalue weighted by Crippen LogP contribution is 2.42. The minimum absolute atomic E-state index is 0.0223. The molecule has 2 rings (SSSR count). The van der Waals surface area contributed by atoms with Gasteiger partial charge in [0.05, 0.1) is 0 Å². The van der Waals surface area contributed by atoms with E-state index in [1.165, 1.54) is 36.4 Å². The summed E-state index contributed by atoms with van der Waals surface area (Å²) >= 11 is 0. The number of rotatable bonds is 2. The summed E-state index contributed by atoms with van der Waals surface area (Å²) in [4.78, 5) is 0. The summed E-state index contributed by atoms with van der Waals surface area (Å²) in [6, 6.07) is 8.38. The standard InChI is InChI=1S/C12H10O5/c13-7-3-1-5-9(11(7)15)17-10-6-2-4-8(14)12(10)16/h1-6,13-16H. The second-order valence-corrected chi connectivity index (χ2v) is 3.35. The molecule has 0 spiro atoms. The predicted molar refractivity (Wildman–Crippen MR) is 59.6 cm³/mol. The molecular weight excluding hydrogens is 224 g/mol. The van der Waals surface area contributed by atoms with Gasteiger partial charge in [-0.3, -0.25) is 0 Å². The van der Waals surface area contributed by atoms with Gasteiger partial charge in [0.15, 0.2) is 23.0 Å². The van der Waals surface area contributed by atoms with Crippen LogP contribution < -0.4 is 4.74 Å². The Kier molecular flexibility index (Phi) is 2.66. The number of hydrogen-bond donors (Lipinski definition) is 4. The maximum absolute atomic E-state index is 9.50. The van der Waals surface area contributed by atoms with E-state index >= 15 is 0 Å². The van der Waals surface area contributed by atoms with Gasteiger partial charge in [-0.2, -0.15) is 0 Å². The molecule has 0 radical (unpaired) electrons. The van der Waals surface area contributed by atoms with Crippen LogP contribution in [0.3, 0.4) is 0 Å². The molecule has 0 amide bonds. The van der Waals surface area contributed by atoms with E-state index in [-0.39, 0.29) is 23.0 Å². The van der Waals surface area contributed by atoms with Crippen LogP contribution in [0.2, 0.25) is 0 Å². The lowest BCUT2D eigenvalue weighted by Crippen LogP contribution is -1.85. The monoisotopic (exact) mass is 234 g/mol. The van der Waals surface area contributed by atoms with Gasteiger partial charge in [0.25, 0.3) is 0 Å². The lowest BCUT2D eigenvalue weighted by Gasteiger charge is -2.10. The molecular formula is C12H10O5. The second kappa shape index (κ2) is 4.13. The van der Waals surface area contributed by atoms with Crippen LogP contribution in [0.4, 0.5) is 0 Å². The van der Waals surface area contributed by atoms with Gasteiger partial charge in [-0.05, 0) is 24.3 Å². The molecule has 5 nitrogen and oxygen atoms in total. The van der Waals surface area contributed by atoms with Crippen molar-refractivity contribution in [3.63, 3.8) is 0 Å². The number of benzene rings is 2. The van der Waals surface area contributed by atoms with Crippen LogP contribution in [-0.2, 0) is 0 Å². The molecule has 0 heterocycles. The van der Waals surface area contributed by atoms with Gasteiger partial charge in [0.2, 0.25) is 11.5 Å². The highest BCUT2D eigenvalue weighted by atomic mass is 16.5. The number of ether oxygens (including phenoxy) is 1. The molecule has 0 aliphatic heterocycles. The first-order chi connectivity index (χ1) is 8.09. The van der Waals surface area contributed by atoms with Crippen molar-refractivity contribution in [2.24, 2.45) is 0 Å². The van der Waals surface area contributed by atoms with Crippen molar-refractivity contribution in [2.45, 2.75) is 0 Å². The minimum Gasteiger partial charge on any atom is -0.504 e. The third-order valence-electron chi connectivity index (χ3n) is 2.18. The van der Waals surface area contributed by atoms with Crippen molar-refractivity contribution in [3.05, 3.63) is 36.4 Å². The first kappa shape index (κ1) is 10.9. The second-order valence-electron chi connectivity index (χ2n) is 3.35. The SMILES string of the molecule is Oc1cccc(Oc2cccc(O)c2O)c1O. The number of aromatic hydroxyl groups is 4. The topological polar surface area (TPSA) is 90.2 Å². The summed E-state index contributed by atoms with van der Waals surface area (Å²) < 4.78 is 5.18. The summed E-state index contributed by atoms with van der Waals surface area (Å²) in [5.74, 6) is -1.58. The van der Waals surface area contributed by atoms with Crippen LogP contribution in [0, 0.1) is 0 Å². The summed E-state index contributed by atoms with van der Waals surface area (Å²) in [5.41, 5.74) is 0. The molecule has 4 N–H and O–H groups in total. The third kappa shape index (κ3) is 2.03. The van der Waals surface area contributed by atoms with Gasteiger partial charge in [-0.25, -0.2) is 0 Å². The lowest BCUT2D eigenvalue weighted by molar-refractivity contribution is 0.351. The minimum atomic E-state index is -0.435. The van der Waals surface area contributed by atoms with Crippen LogP contribution in [0.25, 0.3) is 0 Å². The van der Waals surface area contributed by atoms with Crippen molar-refractivity contribution in [2.75, 3.05) is 0 Å². The molecule has 0 aromatic heterocycles. The summed E-state index contributed by atoms with van der Waals surface area (Å²) in [7, 11) is 0. The van der Waals surface area contributed by atoms with E-state index in [1.807, 2.05) is 0 Å². The Labute approximate surface area is 96.8 Å². The van der Waals surface area contributed by atoms with E-state index in [1.54, 1.807) is 0 Å². The fourth-order valence-electron chi connectivity index (χ4n) is 1.30. The molecule has 17 heavy (non-hydrogen) atoms. The summed E-state index contributed by atoms with van der Waals surface area (Å²) in [6.45, 7) is 0. The molecule has 0 saturated heterocycles. The fraction of sp³-hybridized carbons (Fsp3) is 0. The molecule has 0 saturated carbocycles. The Hall–Kier alpha value is -2.56. The maximum atomic E-state index is 9.50. The Morgan fingerprint density at radius 2 is 1.06 bits per heavy atom. The van der Waals surface area contributed by atoms with Crippen molar-refractivity contribution in [1.29, 1.82) is 0 Å². The Morgan fingerprint density at radius 3 is 1.47 bits per heavy atom. The molecule has 88 valence electrons. The largest absolute Gasteiger partial charge is 0.504 e. The Morgan fingerprint density at radius 1 is 0.647 bits per heavy atom. The molecule has 0 atom stereocenters. The smallest absolute Gasteiger partial charge is 0.201 e. The van der Waals surface area contributed by atoms with Gasteiger partial charge >= 0.3 is 0 Å². The van der Waals surface area contributed by atoms with Crippen LogP contribution in [-0.4, -0.2) is 20.4 Å². The number of para-hydroxylation sites is 2. The predicted octanol–water partition coefficient (Wildman–Crippen LogP) is 2.30. The number of phenols is 4. The van der Waals surface area contributed by atoms with Crippen LogP contribution in [0.15, 0.2) is 36.4 Å². The normalized spacial score (nSPS) is 10.1. The van der Waals surface area contributed by atoms with Gasteiger partial charge in [0.1, 0.15) is 0 Å². The quantitative estimate of drug-likeness (QED) is 0.598. The molecule has 0 bridgehead atoms. The average Bonchev–Trinajstić information content (AvgIpc) is 2.31. The molecule has 5 heteroatoms. The van der Waals surface area contributed by atoms with Crippen molar-refractivity contribution in [1.82, 2.24) is 0 Å². The van der Waals surface area contributed by atoms with Crippen molar-refractivity contribution >= 4 is 0 Å². The molecule has 2 aromatic carbocycles. The van der Waals surface area contributed by atoms with E-state index in [4.69, 9.17) is 4.74 Å². The average molecular weight is 234 g/mol. The highest BCUT2D eigenvalue weighted by Gasteiger charge is 2.12. The van der Waals surface area contributed by atoms with Crippen LogP contribution >= 0.6 is 0 Å². The highest BCUT2D eigenvalue weighted by molar-refractivity contribution is 5.54. The fourth-order valence-corrected chi connectivity index (χ4v) is 1.30. The Balaban J connectivity index is 2.38. The van der Waals surface area contributed by atoms with Gasteiger partial charge in [-0.15, -0.1) is 0 Å². The molecule has 2 aromatic rings. The van der Waals surface area contributed by atoms with Crippen molar-refractivity contribution < 1.29 is 25.2 Å². The Bertz CT molecular complexity index is 501. The number of phenolic OH excluding ortho intramolecular Hbond substituents is 4. The molecule has 0 unspecified atom stereocenters. The third-order valence-corrected chi connectivity index (χ3v) is 2.18. The van der Waals surface area contributed by atoms with Gasteiger partial charge in [0, 0.05) is 0 Å². The summed E-state index contributed by atoms with van der Waals surface area (Å²) in [6.07, 6.45) is 0. The first-order valence-corrected chi connectivity index (χ1v) is 4.79. The zero-order valence-electron chi connectivity index (χ0n) is 8.66. The summed E-state index contributed by atoms with van der Waals surface area (Å²) in [5, 5.41) is 37.5. The van der Waals surface area contributed by atoms with E-state index in [2.05, 4.69) is 0 Å². The molecule has 0 aliphatic carbocycles. The van der Waals surface area contributed by atoms with E-state index in [9.17, 15) is 20.4 Å². The number of hydrogen-bond acceptors (Lipinski definition) is 5. The lowest BCUT2D eigenvalue weighted by atomic mass is 10.2.